The van der Waals surface area contributed by atoms with Crippen LogP contribution >= 0.6 is 0 Å². The van der Waals surface area contributed by atoms with Gasteiger partial charge in [0.15, 0.2) is 0 Å². The van der Waals surface area contributed by atoms with Crippen LogP contribution in [0, 0.1) is 0 Å². The standard InChI is InChI=1S/C6H15NO/c1-4-7-6(2)5-8-3/h6-7H,4-5H2,1-3H3. The lowest BCUT2D eigenvalue weighted by Crippen LogP contribution is -2.29. The van der Waals surface area contributed by atoms with Crippen LogP contribution in [0.15, 0.2) is 0 Å². The minimum absolute atomic E-state index is 0.491. The summed E-state index contributed by atoms with van der Waals surface area (Å²) in [6.45, 7) is 6.01. The van der Waals surface area contributed by atoms with Gasteiger partial charge in [-0.1, -0.05) is 6.92 Å². The highest BCUT2D eigenvalue weighted by Gasteiger charge is 1.94. The van der Waals surface area contributed by atoms with Gasteiger partial charge in [0.1, 0.15) is 0 Å². The van der Waals surface area contributed by atoms with Crippen LogP contribution in [0.3, 0.4) is 0 Å². The van der Waals surface area contributed by atoms with E-state index >= 15 is 0 Å². The molecule has 0 bridgehead atoms. The van der Waals surface area contributed by atoms with Gasteiger partial charge in [-0.2, -0.15) is 0 Å². The van der Waals surface area contributed by atoms with Crippen molar-refractivity contribution >= 4 is 0 Å². The number of ether oxygens (including phenoxy) is 1. The molecule has 0 aromatic carbocycles. The van der Waals surface area contributed by atoms with Crippen LogP contribution < -0.4 is 5.32 Å². The van der Waals surface area contributed by atoms with Crippen LogP contribution in [0.1, 0.15) is 13.8 Å². The van der Waals surface area contributed by atoms with Crippen LogP contribution in [-0.4, -0.2) is 26.3 Å². The lowest BCUT2D eigenvalue weighted by atomic mass is 10.4. The molecule has 1 unspecified atom stereocenters. The van der Waals surface area contributed by atoms with Gasteiger partial charge in [-0.3, -0.25) is 0 Å². The number of hydrogen-bond acceptors (Lipinski definition) is 2. The maximum Gasteiger partial charge on any atom is 0.0613 e. The zero-order valence-electron chi connectivity index (χ0n) is 5.90. The van der Waals surface area contributed by atoms with Crippen molar-refractivity contribution in [1.29, 1.82) is 0 Å². The number of methoxy groups -OCH3 is 1. The average Bonchev–Trinajstić information content (AvgIpc) is 1.68. The van der Waals surface area contributed by atoms with Crippen molar-refractivity contribution in [2.24, 2.45) is 0 Å². The minimum atomic E-state index is 0.491. The van der Waals surface area contributed by atoms with Gasteiger partial charge in [0.25, 0.3) is 0 Å². The first-order valence-electron chi connectivity index (χ1n) is 3.03. The molecule has 0 spiro atoms. The Balaban J connectivity index is 2.92. The van der Waals surface area contributed by atoms with Crippen molar-refractivity contribution in [3.63, 3.8) is 0 Å². The van der Waals surface area contributed by atoms with E-state index in [0.717, 1.165) is 13.2 Å². The second-order valence-corrected chi connectivity index (χ2v) is 1.91. The van der Waals surface area contributed by atoms with Crippen molar-refractivity contribution in [2.45, 2.75) is 19.9 Å². The molecule has 0 radical (unpaired) electrons. The van der Waals surface area contributed by atoms with Gasteiger partial charge in [0.05, 0.1) is 6.61 Å². The van der Waals surface area contributed by atoms with Gasteiger partial charge in [-0.15, -0.1) is 0 Å². The molecule has 0 aliphatic heterocycles. The van der Waals surface area contributed by atoms with Crippen molar-refractivity contribution in [2.75, 3.05) is 20.3 Å². The highest BCUT2D eigenvalue weighted by atomic mass is 16.5. The van der Waals surface area contributed by atoms with Crippen molar-refractivity contribution in [1.82, 2.24) is 5.32 Å². The van der Waals surface area contributed by atoms with Crippen LogP contribution in [-0.2, 0) is 4.74 Å². The lowest BCUT2D eigenvalue weighted by Gasteiger charge is -2.09. The molecule has 0 aliphatic rings. The molecule has 0 aromatic heterocycles. The Morgan fingerprint density at radius 2 is 2.25 bits per heavy atom. The summed E-state index contributed by atoms with van der Waals surface area (Å²) >= 11 is 0. The normalized spacial score (nSPS) is 13.9. The molecule has 2 nitrogen and oxygen atoms in total. The molecule has 0 rings (SSSR count). The van der Waals surface area contributed by atoms with E-state index in [1.807, 2.05) is 0 Å². The molecular formula is C6H15NO. The summed E-state index contributed by atoms with van der Waals surface area (Å²) in [6, 6.07) is 0.491. The van der Waals surface area contributed by atoms with E-state index in [-0.39, 0.29) is 0 Å². The zero-order valence-corrected chi connectivity index (χ0v) is 5.90. The third-order valence-electron chi connectivity index (χ3n) is 0.969. The second kappa shape index (κ2) is 5.06. The molecule has 0 aliphatic carbocycles. The Labute approximate surface area is 51.2 Å². The number of hydrogen-bond donors (Lipinski definition) is 1. The fraction of sp³-hybridized carbons (Fsp3) is 1.00. The Kier molecular flexibility index (Phi) is 5.01. The molecular weight excluding hydrogens is 102 g/mol. The second-order valence-electron chi connectivity index (χ2n) is 1.91. The van der Waals surface area contributed by atoms with Gasteiger partial charge in [-0.25, -0.2) is 0 Å². The summed E-state index contributed by atoms with van der Waals surface area (Å²) in [4.78, 5) is 0. The molecule has 0 saturated heterocycles. The summed E-state index contributed by atoms with van der Waals surface area (Å²) < 4.78 is 4.89. The highest BCUT2D eigenvalue weighted by Crippen LogP contribution is 1.78. The number of rotatable bonds is 4. The number of nitrogens with one attached hydrogen (secondary N) is 1. The van der Waals surface area contributed by atoms with Crippen LogP contribution in [0.4, 0.5) is 0 Å². The van der Waals surface area contributed by atoms with Gasteiger partial charge < -0.3 is 10.1 Å². The average molecular weight is 117 g/mol. The van der Waals surface area contributed by atoms with E-state index in [9.17, 15) is 0 Å². The van der Waals surface area contributed by atoms with E-state index in [4.69, 9.17) is 4.74 Å². The molecule has 8 heavy (non-hydrogen) atoms. The van der Waals surface area contributed by atoms with Gasteiger partial charge >= 0.3 is 0 Å². The van der Waals surface area contributed by atoms with Crippen molar-refractivity contribution < 1.29 is 4.74 Å². The summed E-state index contributed by atoms with van der Waals surface area (Å²) in [7, 11) is 1.72. The molecule has 0 amide bonds. The van der Waals surface area contributed by atoms with E-state index in [1.54, 1.807) is 7.11 Å². The quantitative estimate of drug-likeness (QED) is 0.583. The Morgan fingerprint density at radius 1 is 1.62 bits per heavy atom. The summed E-state index contributed by atoms with van der Waals surface area (Å²) in [5.74, 6) is 0. The summed E-state index contributed by atoms with van der Waals surface area (Å²) in [5, 5.41) is 3.22. The molecule has 2 heteroatoms. The third kappa shape index (κ3) is 4.09. The van der Waals surface area contributed by atoms with Crippen LogP contribution in [0.5, 0.6) is 0 Å². The first kappa shape index (κ1) is 7.92. The van der Waals surface area contributed by atoms with E-state index < -0.39 is 0 Å². The van der Waals surface area contributed by atoms with Crippen LogP contribution in [0.25, 0.3) is 0 Å². The van der Waals surface area contributed by atoms with Crippen LogP contribution in [0.2, 0.25) is 0 Å². The molecule has 0 fully saturated rings. The summed E-state index contributed by atoms with van der Waals surface area (Å²) in [5.41, 5.74) is 0. The lowest BCUT2D eigenvalue weighted by molar-refractivity contribution is 0.173. The molecule has 1 N–H and O–H groups in total. The third-order valence-corrected chi connectivity index (χ3v) is 0.969. The Morgan fingerprint density at radius 3 is 2.62 bits per heavy atom. The molecule has 0 heterocycles. The predicted molar refractivity (Wildman–Crippen MR) is 35.0 cm³/mol. The first-order chi connectivity index (χ1) is 3.81. The molecule has 1 atom stereocenters. The topological polar surface area (TPSA) is 21.3 Å². The van der Waals surface area contributed by atoms with Crippen molar-refractivity contribution in [3.8, 4) is 0 Å². The highest BCUT2D eigenvalue weighted by molar-refractivity contribution is 4.54. The van der Waals surface area contributed by atoms with E-state index in [0.29, 0.717) is 6.04 Å². The molecule has 0 aromatic rings. The van der Waals surface area contributed by atoms with E-state index in [1.165, 1.54) is 0 Å². The largest absolute Gasteiger partial charge is 0.383 e. The SMILES string of the molecule is CCNC(C)COC. The molecule has 0 saturated carbocycles. The van der Waals surface area contributed by atoms with Gasteiger partial charge in [-0.05, 0) is 13.5 Å². The fourth-order valence-electron chi connectivity index (χ4n) is 0.657. The number of likely N-dealkylation sites (N-methyl/N-ethyl adjacent to an activating group) is 1. The summed E-state index contributed by atoms with van der Waals surface area (Å²) in [6.07, 6.45) is 0. The maximum absolute atomic E-state index is 4.89. The van der Waals surface area contributed by atoms with Crippen molar-refractivity contribution in [3.05, 3.63) is 0 Å². The fourth-order valence-corrected chi connectivity index (χ4v) is 0.657. The van der Waals surface area contributed by atoms with E-state index in [2.05, 4.69) is 19.2 Å². The van der Waals surface area contributed by atoms with Gasteiger partial charge in [0, 0.05) is 13.2 Å². The predicted octanol–water partition coefficient (Wildman–Crippen LogP) is 0.631. The van der Waals surface area contributed by atoms with Gasteiger partial charge in [0.2, 0.25) is 0 Å². The smallest absolute Gasteiger partial charge is 0.0613 e. The maximum atomic E-state index is 4.89. The first-order valence-corrected chi connectivity index (χ1v) is 3.03. The zero-order chi connectivity index (χ0) is 6.41. The monoisotopic (exact) mass is 117 g/mol. The molecule has 50 valence electrons. The Hall–Kier alpha value is -0.0800. The minimum Gasteiger partial charge on any atom is -0.383 e. The Bertz CT molecular complexity index is 41.8.